The summed E-state index contributed by atoms with van der Waals surface area (Å²) >= 11 is 0. The molecule has 2 unspecified atom stereocenters. The van der Waals surface area contributed by atoms with Gasteiger partial charge < -0.3 is 9.84 Å². The number of benzene rings is 3. The third-order valence-corrected chi connectivity index (χ3v) is 7.70. The molecule has 0 amide bonds. The highest BCUT2D eigenvalue weighted by Crippen LogP contribution is 2.25. The summed E-state index contributed by atoms with van der Waals surface area (Å²) in [5.74, 6) is 1.11. The van der Waals surface area contributed by atoms with E-state index in [4.69, 9.17) is 4.74 Å². The number of aryl methyl sites for hydroxylation is 1. The Morgan fingerprint density at radius 2 is 1.81 bits per heavy atom. The van der Waals surface area contributed by atoms with Crippen LogP contribution in [0.4, 0.5) is 0 Å². The summed E-state index contributed by atoms with van der Waals surface area (Å²) < 4.78 is 30.1. The molecule has 0 bridgehead atoms. The number of aliphatic hydroxyl groups is 1. The molecule has 1 saturated heterocycles. The highest BCUT2D eigenvalue weighted by atomic mass is 32.2. The molecule has 5 nitrogen and oxygen atoms in total. The van der Waals surface area contributed by atoms with E-state index in [2.05, 4.69) is 29.2 Å². The van der Waals surface area contributed by atoms with Crippen molar-refractivity contribution >= 4 is 20.6 Å². The second-order valence-electron chi connectivity index (χ2n) is 8.35. The van der Waals surface area contributed by atoms with Crippen LogP contribution in [0.5, 0.6) is 5.75 Å². The molecule has 1 aliphatic heterocycles. The van der Waals surface area contributed by atoms with Gasteiger partial charge in [-0.15, -0.1) is 0 Å². The van der Waals surface area contributed by atoms with E-state index in [0.717, 1.165) is 27.6 Å². The number of nitrogens with zero attached hydrogens (tertiary/aromatic N) is 1. The maximum Gasteiger partial charge on any atom is 0.151 e. The molecule has 3 aromatic carbocycles. The topological polar surface area (TPSA) is 66.8 Å². The third kappa shape index (κ3) is 5.45. The Kier molecular flexibility index (Phi) is 6.60. The third-order valence-electron chi connectivity index (χ3n) is 5.95. The summed E-state index contributed by atoms with van der Waals surface area (Å²) in [4.78, 5) is 2.11. The van der Waals surface area contributed by atoms with Crippen LogP contribution in [0.15, 0.2) is 66.7 Å². The summed E-state index contributed by atoms with van der Waals surface area (Å²) in [7, 11) is -3.03. The second-order valence-corrected chi connectivity index (χ2v) is 10.6. The maximum atomic E-state index is 12.1. The monoisotopic (exact) mass is 439 g/mol. The van der Waals surface area contributed by atoms with E-state index in [9.17, 15) is 13.5 Å². The molecule has 3 aromatic rings. The van der Waals surface area contributed by atoms with Crippen LogP contribution in [0.2, 0.25) is 0 Å². The first kappa shape index (κ1) is 21.8. The average molecular weight is 440 g/mol. The van der Waals surface area contributed by atoms with Gasteiger partial charge in [0.15, 0.2) is 9.84 Å². The smallest absolute Gasteiger partial charge is 0.151 e. The summed E-state index contributed by atoms with van der Waals surface area (Å²) in [5.41, 5.74) is 2.15. The minimum Gasteiger partial charge on any atom is -0.491 e. The predicted molar refractivity (Wildman–Crippen MR) is 124 cm³/mol. The lowest BCUT2D eigenvalue weighted by atomic mass is 10.0. The number of rotatable bonds is 8. The van der Waals surface area contributed by atoms with Crippen molar-refractivity contribution in [3.8, 4) is 5.75 Å². The van der Waals surface area contributed by atoms with Crippen LogP contribution >= 0.6 is 0 Å². The van der Waals surface area contributed by atoms with Crippen molar-refractivity contribution in [3.63, 3.8) is 0 Å². The molecule has 1 fully saturated rings. The van der Waals surface area contributed by atoms with E-state index in [1.165, 1.54) is 0 Å². The predicted octanol–water partition coefficient (Wildman–Crippen LogP) is 3.58. The van der Waals surface area contributed by atoms with Gasteiger partial charge in [0.05, 0.1) is 11.5 Å². The van der Waals surface area contributed by atoms with Crippen LogP contribution in [-0.4, -0.2) is 55.2 Å². The average Bonchev–Trinajstić information content (AvgIpc) is 3.12. The summed E-state index contributed by atoms with van der Waals surface area (Å²) in [6.45, 7) is 3.08. The first-order chi connectivity index (χ1) is 14.9. The molecular weight excluding hydrogens is 410 g/mol. The number of fused-ring (bicyclic) bond motifs is 1. The Morgan fingerprint density at radius 3 is 2.58 bits per heavy atom. The Balaban J connectivity index is 1.51. The van der Waals surface area contributed by atoms with Gasteiger partial charge >= 0.3 is 0 Å². The highest BCUT2D eigenvalue weighted by molar-refractivity contribution is 7.91. The van der Waals surface area contributed by atoms with Gasteiger partial charge in [-0.2, -0.15) is 0 Å². The zero-order valence-electron chi connectivity index (χ0n) is 17.8. The SMILES string of the molecule is Cc1ccccc1OCC(O)CN(Cc1cccc2ccccc12)C1CCS(=O)(=O)C1. The van der Waals surface area contributed by atoms with E-state index >= 15 is 0 Å². The fourth-order valence-corrected chi connectivity index (χ4v) is 6.04. The van der Waals surface area contributed by atoms with Crippen molar-refractivity contribution < 1.29 is 18.3 Å². The molecule has 31 heavy (non-hydrogen) atoms. The van der Waals surface area contributed by atoms with Crippen molar-refractivity contribution in [1.29, 1.82) is 0 Å². The van der Waals surface area contributed by atoms with Gasteiger partial charge in [0.2, 0.25) is 0 Å². The van der Waals surface area contributed by atoms with Gasteiger partial charge in [0.25, 0.3) is 0 Å². The lowest BCUT2D eigenvalue weighted by molar-refractivity contribution is 0.0524. The molecule has 1 aliphatic rings. The standard InChI is InChI=1S/C25H29NO4S/c1-19-7-2-5-12-25(19)30-17-23(27)16-26(22-13-14-31(28,29)18-22)15-21-10-6-9-20-8-3-4-11-24(20)21/h2-12,22-23,27H,13-18H2,1H3. The molecular formula is C25H29NO4S. The minimum atomic E-state index is -3.03. The quantitative estimate of drug-likeness (QED) is 0.581. The Labute approximate surface area is 184 Å². The zero-order valence-corrected chi connectivity index (χ0v) is 18.6. The molecule has 2 atom stereocenters. The van der Waals surface area contributed by atoms with Crippen LogP contribution in [0.25, 0.3) is 10.8 Å². The number of hydrogen-bond donors (Lipinski definition) is 1. The van der Waals surface area contributed by atoms with Crippen LogP contribution in [0, 0.1) is 6.92 Å². The largest absolute Gasteiger partial charge is 0.491 e. The maximum absolute atomic E-state index is 12.1. The zero-order chi connectivity index (χ0) is 21.8. The van der Waals surface area contributed by atoms with Gasteiger partial charge in [-0.3, -0.25) is 4.90 Å². The van der Waals surface area contributed by atoms with Gasteiger partial charge in [0, 0.05) is 19.1 Å². The molecule has 0 aliphatic carbocycles. The van der Waals surface area contributed by atoms with Gasteiger partial charge in [-0.05, 0) is 41.3 Å². The van der Waals surface area contributed by atoms with E-state index in [1.807, 2.05) is 49.4 Å². The van der Waals surface area contributed by atoms with Gasteiger partial charge in [-0.1, -0.05) is 60.7 Å². The Hall–Kier alpha value is -2.41. The first-order valence-corrected chi connectivity index (χ1v) is 12.5. The Morgan fingerprint density at radius 1 is 1.06 bits per heavy atom. The Bertz CT molecular complexity index is 1140. The number of aliphatic hydroxyl groups excluding tert-OH is 1. The molecule has 164 valence electrons. The number of para-hydroxylation sites is 1. The van der Waals surface area contributed by atoms with Crippen LogP contribution in [0.1, 0.15) is 17.5 Å². The van der Waals surface area contributed by atoms with E-state index in [-0.39, 0.29) is 24.2 Å². The molecule has 0 saturated carbocycles. The van der Waals surface area contributed by atoms with Crippen LogP contribution < -0.4 is 4.74 Å². The molecule has 1 N–H and O–H groups in total. The summed E-state index contributed by atoms with van der Waals surface area (Å²) in [6, 6.07) is 22.0. The van der Waals surface area contributed by atoms with Crippen molar-refractivity contribution in [1.82, 2.24) is 4.90 Å². The number of ether oxygens (including phenoxy) is 1. The van der Waals surface area contributed by atoms with Crippen LogP contribution in [0.3, 0.4) is 0 Å². The molecule has 6 heteroatoms. The molecule has 1 heterocycles. The van der Waals surface area contributed by atoms with E-state index < -0.39 is 15.9 Å². The lowest BCUT2D eigenvalue weighted by Crippen LogP contribution is -2.42. The number of sulfone groups is 1. The molecule has 4 rings (SSSR count). The fourth-order valence-electron chi connectivity index (χ4n) is 4.28. The second kappa shape index (κ2) is 9.39. The highest BCUT2D eigenvalue weighted by Gasteiger charge is 2.33. The van der Waals surface area contributed by atoms with Crippen molar-refractivity contribution in [2.24, 2.45) is 0 Å². The van der Waals surface area contributed by atoms with Crippen molar-refractivity contribution in [2.45, 2.75) is 32.0 Å². The fraction of sp³-hybridized carbons (Fsp3) is 0.360. The van der Waals surface area contributed by atoms with Crippen molar-refractivity contribution in [2.75, 3.05) is 24.7 Å². The molecule has 0 radical (unpaired) electrons. The number of hydrogen-bond acceptors (Lipinski definition) is 5. The van der Waals surface area contributed by atoms with E-state index in [1.54, 1.807) is 0 Å². The summed E-state index contributed by atoms with van der Waals surface area (Å²) in [5, 5.41) is 13.0. The van der Waals surface area contributed by atoms with Gasteiger partial charge in [0.1, 0.15) is 18.5 Å². The first-order valence-electron chi connectivity index (χ1n) is 10.7. The van der Waals surface area contributed by atoms with Crippen LogP contribution in [-0.2, 0) is 16.4 Å². The normalized spacial score (nSPS) is 19.0. The lowest BCUT2D eigenvalue weighted by Gasteiger charge is -2.30. The summed E-state index contributed by atoms with van der Waals surface area (Å²) in [6.07, 6.45) is -0.128. The molecule has 0 aromatic heterocycles. The van der Waals surface area contributed by atoms with E-state index in [0.29, 0.717) is 19.5 Å². The minimum absolute atomic E-state index is 0.0999. The van der Waals surface area contributed by atoms with Crippen molar-refractivity contribution in [3.05, 3.63) is 77.9 Å². The molecule has 0 spiro atoms. The van der Waals surface area contributed by atoms with Gasteiger partial charge in [-0.25, -0.2) is 8.42 Å².